The normalized spacial score (nSPS) is 13.7. The Balaban J connectivity index is 2.79. The van der Waals surface area contributed by atoms with Gasteiger partial charge < -0.3 is 10.1 Å². The molecule has 0 heterocycles. The minimum Gasteiger partial charge on any atom is -0.489 e. The smallest absolute Gasteiger partial charge is 0.123 e. The van der Waals surface area contributed by atoms with Crippen LogP contribution in [0.1, 0.15) is 58.6 Å². The van der Waals surface area contributed by atoms with Crippen molar-refractivity contribution in [3.8, 4) is 5.75 Å². The van der Waals surface area contributed by atoms with E-state index in [9.17, 15) is 0 Å². The van der Waals surface area contributed by atoms with E-state index in [0.29, 0.717) is 5.92 Å². The van der Waals surface area contributed by atoms with Gasteiger partial charge in [0.15, 0.2) is 0 Å². The molecule has 0 fully saturated rings. The minimum atomic E-state index is 0.107. The zero-order valence-electron chi connectivity index (χ0n) is 13.8. The summed E-state index contributed by atoms with van der Waals surface area (Å²) in [6, 6.07) is 4.08. The van der Waals surface area contributed by atoms with Crippen LogP contribution in [0.25, 0.3) is 0 Å². The lowest BCUT2D eigenvalue weighted by Gasteiger charge is -2.25. The number of aryl methyl sites for hydroxylation is 1. The summed E-state index contributed by atoms with van der Waals surface area (Å²) >= 11 is 6.29. The Kier molecular flexibility index (Phi) is 5.91. The third-order valence-electron chi connectivity index (χ3n) is 3.16. The number of hydrogen-bond donors (Lipinski definition) is 1. The van der Waals surface area contributed by atoms with Gasteiger partial charge in [0.1, 0.15) is 11.9 Å². The number of ether oxygens (including phenoxy) is 1. The summed E-state index contributed by atoms with van der Waals surface area (Å²) in [6.45, 7) is 15.7. The van der Waals surface area contributed by atoms with Gasteiger partial charge in [-0.05, 0) is 63.8 Å². The SMILES string of the molecule is Cc1cc(Cl)c(C(C)C)cc1OC(C)CNC(C)(C)C. The molecule has 20 heavy (non-hydrogen) atoms. The highest BCUT2D eigenvalue weighted by Crippen LogP contribution is 2.31. The summed E-state index contributed by atoms with van der Waals surface area (Å²) < 4.78 is 6.07. The van der Waals surface area contributed by atoms with Crippen LogP contribution in [0.4, 0.5) is 0 Å². The molecule has 0 aliphatic heterocycles. The quantitative estimate of drug-likeness (QED) is 0.832. The molecule has 1 rings (SSSR count). The molecule has 3 heteroatoms. The van der Waals surface area contributed by atoms with Crippen LogP contribution in [0.15, 0.2) is 12.1 Å². The molecule has 0 aromatic heterocycles. The molecule has 0 aliphatic rings. The predicted octanol–water partition coefficient (Wildman–Crippen LogP) is 4.93. The Morgan fingerprint density at radius 2 is 1.80 bits per heavy atom. The van der Waals surface area contributed by atoms with Crippen molar-refractivity contribution in [2.24, 2.45) is 0 Å². The van der Waals surface area contributed by atoms with Crippen molar-refractivity contribution in [1.29, 1.82) is 0 Å². The van der Waals surface area contributed by atoms with Gasteiger partial charge in [0.2, 0.25) is 0 Å². The zero-order valence-corrected chi connectivity index (χ0v) is 14.6. The first-order chi connectivity index (χ1) is 9.10. The van der Waals surface area contributed by atoms with Crippen molar-refractivity contribution in [1.82, 2.24) is 5.32 Å². The summed E-state index contributed by atoms with van der Waals surface area (Å²) in [4.78, 5) is 0. The molecule has 2 nitrogen and oxygen atoms in total. The molecule has 0 radical (unpaired) electrons. The van der Waals surface area contributed by atoms with Gasteiger partial charge >= 0.3 is 0 Å². The molecule has 1 unspecified atom stereocenters. The molecule has 1 atom stereocenters. The van der Waals surface area contributed by atoms with Crippen molar-refractivity contribution >= 4 is 11.6 Å². The van der Waals surface area contributed by atoms with E-state index in [-0.39, 0.29) is 11.6 Å². The maximum Gasteiger partial charge on any atom is 0.123 e. The average molecular weight is 298 g/mol. The number of halogens is 1. The third kappa shape index (κ3) is 5.34. The molecule has 0 spiro atoms. The first-order valence-electron chi connectivity index (χ1n) is 7.32. The third-order valence-corrected chi connectivity index (χ3v) is 3.49. The van der Waals surface area contributed by atoms with Crippen LogP contribution < -0.4 is 10.1 Å². The molecule has 0 aliphatic carbocycles. The summed E-state index contributed by atoms with van der Waals surface area (Å²) in [6.07, 6.45) is 0.120. The lowest BCUT2D eigenvalue weighted by molar-refractivity contribution is 0.202. The second-order valence-corrected chi connectivity index (χ2v) is 7.26. The van der Waals surface area contributed by atoms with E-state index in [1.54, 1.807) is 0 Å². The Bertz CT molecular complexity index is 449. The summed E-state index contributed by atoms with van der Waals surface area (Å²) in [5.74, 6) is 1.33. The number of nitrogens with one attached hydrogen (secondary N) is 1. The molecule has 0 amide bonds. The lowest BCUT2D eigenvalue weighted by Crippen LogP contribution is -2.41. The Labute approximate surface area is 128 Å². The molecule has 1 N–H and O–H groups in total. The van der Waals surface area contributed by atoms with Crippen LogP contribution >= 0.6 is 11.6 Å². The van der Waals surface area contributed by atoms with Gasteiger partial charge in [0, 0.05) is 17.1 Å². The van der Waals surface area contributed by atoms with Crippen LogP contribution in [0.5, 0.6) is 5.75 Å². The molecule has 1 aromatic carbocycles. The number of benzene rings is 1. The molecular formula is C17H28ClNO. The highest BCUT2D eigenvalue weighted by Gasteiger charge is 2.15. The molecular weight excluding hydrogens is 270 g/mol. The molecule has 0 bridgehead atoms. The van der Waals surface area contributed by atoms with E-state index in [1.165, 1.54) is 0 Å². The number of hydrogen-bond acceptors (Lipinski definition) is 2. The molecule has 114 valence electrons. The van der Waals surface area contributed by atoms with E-state index in [2.05, 4.69) is 52.9 Å². The second-order valence-electron chi connectivity index (χ2n) is 6.85. The van der Waals surface area contributed by atoms with Gasteiger partial charge in [-0.3, -0.25) is 0 Å². The maximum absolute atomic E-state index is 6.29. The van der Waals surface area contributed by atoms with Crippen molar-refractivity contribution in [2.45, 2.75) is 66.0 Å². The molecule has 0 saturated carbocycles. The summed E-state index contributed by atoms with van der Waals surface area (Å²) in [5, 5.41) is 4.28. The maximum atomic E-state index is 6.29. The lowest BCUT2D eigenvalue weighted by atomic mass is 10.0. The van der Waals surface area contributed by atoms with Crippen molar-refractivity contribution in [2.75, 3.05) is 6.54 Å². The highest BCUT2D eigenvalue weighted by molar-refractivity contribution is 6.31. The summed E-state index contributed by atoms with van der Waals surface area (Å²) in [5.41, 5.74) is 2.33. The van der Waals surface area contributed by atoms with Gasteiger partial charge in [-0.2, -0.15) is 0 Å². The van der Waals surface area contributed by atoms with Crippen molar-refractivity contribution in [3.63, 3.8) is 0 Å². The van der Waals surface area contributed by atoms with E-state index < -0.39 is 0 Å². The van der Waals surface area contributed by atoms with E-state index in [1.807, 2.05) is 13.0 Å². The standard InChI is InChI=1S/C17H28ClNO/c1-11(2)14-9-16(12(3)8-15(14)18)20-13(4)10-19-17(5,6)7/h8-9,11,13,19H,10H2,1-7H3. The predicted molar refractivity (Wildman–Crippen MR) is 88.1 cm³/mol. The van der Waals surface area contributed by atoms with Crippen LogP contribution in [0.3, 0.4) is 0 Å². The van der Waals surface area contributed by atoms with Crippen LogP contribution in [-0.4, -0.2) is 18.2 Å². The fourth-order valence-corrected chi connectivity index (χ4v) is 2.38. The molecule has 1 aromatic rings. The van der Waals surface area contributed by atoms with Gasteiger partial charge in [0.25, 0.3) is 0 Å². The number of rotatable bonds is 5. The zero-order chi connectivity index (χ0) is 15.5. The average Bonchev–Trinajstić information content (AvgIpc) is 2.28. The topological polar surface area (TPSA) is 21.3 Å². The minimum absolute atomic E-state index is 0.107. The van der Waals surface area contributed by atoms with E-state index in [4.69, 9.17) is 16.3 Å². The van der Waals surface area contributed by atoms with Crippen molar-refractivity contribution < 1.29 is 4.74 Å². The Morgan fingerprint density at radius 1 is 1.20 bits per heavy atom. The van der Waals surface area contributed by atoms with Crippen molar-refractivity contribution in [3.05, 3.63) is 28.3 Å². The fourth-order valence-electron chi connectivity index (χ4n) is 1.95. The van der Waals surface area contributed by atoms with Crippen LogP contribution in [0, 0.1) is 6.92 Å². The van der Waals surface area contributed by atoms with E-state index in [0.717, 1.165) is 28.4 Å². The second kappa shape index (κ2) is 6.82. The van der Waals surface area contributed by atoms with Crippen LogP contribution in [-0.2, 0) is 0 Å². The van der Waals surface area contributed by atoms with E-state index >= 15 is 0 Å². The largest absolute Gasteiger partial charge is 0.489 e. The molecule has 0 saturated heterocycles. The first kappa shape index (κ1) is 17.3. The Hall–Kier alpha value is -0.730. The monoisotopic (exact) mass is 297 g/mol. The fraction of sp³-hybridized carbons (Fsp3) is 0.647. The van der Waals surface area contributed by atoms with Gasteiger partial charge in [-0.25, -0.2) is 0 Å². The Morgan fingerprint density at radius 3 is 2.30 bits per heavy atom. The van der Waals surface area contributed by atoms with Gasteiger partial charge in [0.05, 0.1) is 0 Å². The summed E-state index contributed by atoms with van der Waals surface area (Å²) in [7, 11) is 0. The first-order valence-corrected chi connectivity index (χ1v) is 7.69. The van der Waals surface area contributed by atoms with Gasteiger partial charge in [-0.15, -0.1) is 0 Å². The van der Waals surface area contributed by atoms with Crippen LogP contribution in [0.2, 0.25) is 5.02 Å². The van der Waals surface area contributed by atoms with Gasteiger partial charge in [-0.1, -0.05) is 25.4 Å². The highest BCUT2D eigenvalue weighted by atomic mass is 35.5.